The second-order valence-electron chi connectivity index (χ2n) is 17.7. The number of amides is 2. The molecule has 1 aromatic rings. The molecule has 0 bridgehead atoms. The molecule has 0 saturated carbocycles. The first-order valence-corrected chi connectivity index (χ1v) is 23.3. The lowest BCUT2D eigenvalue weighted by Gasteiger charge is -2.44. The zero-order chi connectivity index (χ0) is 39.8. The van der Waals surface area contributed by atoms with E-state index in [9.17, 15) is 19.2 Å². The lowest BCUT2D eigenvalue weighted by molar-refractivity contribution is -0.162. The summed E-state index contributed by atoms with van der Waals surface area (Å²) in [5.74, 6) is -1.23. The van der Waals surface area contributed by atoms with Crippen molar-refractivity contribution in [2.45, 2.75) is 175 Å². The van der Waals surface area contributed by atoms with E-state index in [0.717, 1.165) is 48.4 Å². The van der Waals surface area contributed by atoms with Gasteiger partial charge >= 0.3 is 5.97 Å². The van der Waals surface area contributed by atoms with Crippen molar-refractivity contribution in [1.82, 2.24) is 21.2 Å². The van der Waals surface area contributed by atoms with Crippen LogP contribution in [0.1, 0.15) is 131 Å². The molecule has 53 heavy (non-hydrogen) atoms. The monoisotopic (exact) mass is 776 g/mol. The van der Waals surface area contributed by atoms with Crippen LogP contribution in [0.25, 0.3) is 6.08 Å². The van der Waals surface area contributed by atoms with E-state index in [0.29, 0.717) is 25.8 Å². The van der Waals surface area contributed by atoms with Crippen molar-refractivity contribution in [2.75, 3.05) is 6.54 Å². The van der Waals surface area contributed by atoms with Crippen molar-refractivity contribution in [2.24, 2.45) is 17.3 Å². The average molecular weight is 777 g/mol. The number of Topliss-reactive ketones (excluding diaryl/α,β-unsaturated/α-hetero) is 1. The van der Waals surface area contributed by atoms with E-state index in [-0.39, 0.29) is 59.3 Å². The molecule has 2 aliphatic heterocycles. The van der Waals surface area contributed by atoms with Crippen LogP contribution in [0.4, 0.5) is 0 Å². The number of nitrogens with zero attached hydrogens (tertiary/aromatic N) is 1. The van der Waals surface area contributed by atoms with E-state index in [1.165, 1.54) is 0 Å². The lowest BCUT2D eigenvalue weighted by Crippen LogP contribution is -2.52. The highest BCUT2D eigenvalue weighted by molar-refractivity contribution is 7.09. The Morgan fingerprint density at radius 2 is 1.87 bits per heavy atom. The first kappa shape index (κ1) is 44.9. The minimum absolute atomic E-state index is 0.0224. The molecule has 2 fully saturated rings. The number of esters is 1. The number of hydrogen-bond donors (Lipinski definition) is 3. The van der Waals surface area contributed by atoms with Gasteiger partial charge in [0.05, 0.1) is 46.4 Å². The smallest absolute Gasteiger partial charge is 0.306 e. The Balaban J connectivity index is 1.96. The first-order valence-electron chi connectivity index (χ1n) is 19.5. The molecule has 3 N–H and O–H groups in total. The molecule has 0 spiro atoms. The van der Waals surface area contributed by atoms with Crippen LogP contribution in [-0.2, 0) is 33.1 Å². The van der Waals surface area contributed by atoms with Crippen molar-refractivity contribution in [3.05, 3.63) is 21.7 Å². The largest absolute Gasteiger partial charge is 0.461 e. The number of epoxide rings is 1. The third-order valence-electron chi connectivity index (χ3n) is 11.8. The molecule has 0 aromatic carbocycles. The van der Waals surface area contributed by atoms with Crippen LogP contribution < -0.4 is 16.2 Å². The summed E-state index contributed by atoms with van der Waals surface area (Å²) in [7, 11) is -2.29. The number of aryl methyl sites for hydroxylation is 1. The van der Waals surface area contributed by atoms with E-state index in [1.807, 2.05) is 32.2 Å². The molecule has 2 aliphatic rings. The van der Waals surface area contributed by atoms with Crippen LogP contribution in [0.5, 0.6) is 0 Å². The molecular formula is C40H68N4O7SSi. The van der Waals surface area contributed by atoms with E-state index < -0.39 is 31.7 Å². The van der Waals surface area contributed by atoms with Crippen molar-refractivity contribution in [1.29, 1.82) is 0 Å². The predicted octanol–water partition coefficient (Wildman–Crippen LogP) is 7.44. The fourth-order valence-corrected chi connectivity index (χ4v) is 9.12. The Labute approximate surface area is 323 Å². The Hall–Kier alpha value is -2.45. The molecule has 0 unspecified atom stereocenters. The molecule has 0 aliphatic carbocycles. The number of thiazole rings is 1. The van der Waals surface area contributed by atoms with Crippen molar-refractivity contribution in [3.63, 3.8) is 0 Å². The van der Waals surface area contributed by atoms with Crippen LogP contribution in [0.3, 0.4) is 0 Å². The number of carbonyl (C=O) groups excluding carboxylic acids is 4. The number of nitrogens with one attached hydrogen (secondary N) is 3. The number of hydrogen-bond acceptors (Lipinski definition) is 10. The Morgan fingerprint density at radius 1 is 1.17 bits per heavy atom. The van der Waals surface area contributed by atoms with Crippen LogP contribution in [0.2, 0.25) is 18.1 Å². The fraction of sp³-hybridized carbons (Fsp3) is 0.775. The summed E-state index contributed by atoms with van der Waals surface area (Å²) in [6, 6.07) is -0.332. The summed E-state index contributed by atoms with van der Waals surface area (Å²) in [6.45, 7) is 25.5. The van der Waals surface area contributed by atoms with Crippen LogP contribution in [0, 0.1) is 24.2 Å². The minimum atomic E-state index is -2.29. The zero-order valence-electron chi connectivity index (χ0n) is 34.5. The van der Waals surface area contributed by atoms with Gasteiger partial charge in [-0.25, -0.2) is 10.4 Å². The molecule has 13 heteroatoms. The van der Waals surface area contributed by atoms with Gasteiger partial charge in [-0.15, -0.1) is 11.3 Å². The molecule has 300 valence electrons. The second kappa shape index (κ2) is 18.9. The van der Waals surface area contributed by atoms with Crippen molar-refractivity contribution >= 4 is 49.8 Å². The lowest BCUT2D eigenvalue weighted by atomic mass is 9.72. The van der Waals surface area contributed by atoms with Gasteiger partial charge in [-0.3, -0.25) is 24.6 Å². The Morgan fingerprint density at radius 3 is 2.49 bits per heavy atom. The van der Waals surface area contributed by atoms with Gasteiger partial charge in [0.2, 0.25) is 12.3 Å². The summed E-state index contributed by atoms with van der Waals surface area (Å²) in [4.78, 5) is 57.3. The normalized spacial score (nSPS) is 29.2. The summed E-state index contributed by atoms with van der Waals surface area (Å²) >= 11 is 1.58. The van der Waals surface area contributed by atoms with Crippen molar-refractivity contribution < 1.29 is 33.1 Å². The molecule has 1 aromatic heterocycles. The summed E-state index contributed by atoms with van der Waals surface area (Å²) in [6.07, 6.45) is 6.58. The van der Waals surface area contributed by atoms with Crippen molar-refractivity contribution in [3.8, 4) is 0 Å². The molecule has 3 rings (SSSR count). The predicted molar refractivity (Wildman–Crippen MR) is 214 cm³/mol. The van der Waals surface area contributed by atoms with Gasteiger partial charge in [0, 0.05) is 30.7 Å². The number of ether oxygens (including phenoxy) is 2. The maximum atomic E-state index is 14.8. The molecule has 3 heterocycles. The van der Waals surface area contributed by atoms with E-state index >= 15 is 0 Å². The third kappa shape index (κ3) is 12.8. The molecule has 0 radical (unpaired) electrons. The number of fused-ring (bicyclic) bond motifs is 1. The quantitative estimate of drug-likeness (QED) is 0.0464. The highest BCUT2D eigenvalue weighted by Gasteiger charge is 2.53. The molecule has 7 atom stereocenters. The van der Waals surface area contributed by atoms with E-state index in [1.54, 1.807) is 25.2 Å². The number of aromatic nitrogens is 1. The van der Waals surface area contributed by atoms with Crippen LogP contribution in [-0.4, -0.2) is 73.9 Å². The van der Waals surface area contributed by atoms with Gasteiger partial charge in [-0.05, 0) is 96.0 Å². The zero-order valence-corrected chi connectivity index (χ0v) is 36.3. The summed E-state index contributed by atoms with van der Waals surface area (Å²) in [5, 5.41) is 6.15. The number of hydrazine groups is 1. The average Bonchev–Trinajstić information content (AvgIpc) is 3.51. The maximum Gasteiger partial charge on any atom is 0.306 e. The minimum Gasteiger partial charge on any atom is -0.461 e. The van der Waals surface area contributed by atoms with Crippen LogP contribution in [0.15, 0.2) is 11.0 Å². The number of rotatable bonds is 13. The molecular weight excluding hydrogens is 709 g/mol. The molecule has 2 saturated heterocycles. The SMILES string of the molecule is C/C(=C\c1csc(C)n1)[C@@H]1C[C@@H]2O[C@]2(C)CCC[C@H](C)[C@H](O[Si](C)(C)C(C)(C)C)[C@@H](C)C(=O)C(C)(C)[C@@H](OC(=O)CCCCCNNC=O)CC(=O)N1. The highest BCUT2D eigenvalue weighted by Crippen LogP contribution is 2.46. The second-order valence-corrected chi connectivity index (χ2v) is 23.5. The van der Waals surface area contributed by atoms with Gasteiger partial charge in [0.25, 0.3) is 0 Å². The fourth-order valence-electron chi connectivity index (χ4n) is 7.08. The van der Waals surface area contributed by atoms with Crippen LogP contribution >= 0.6 is 11.3 Å². The summed E-state index contributed by atoms with van der Waals surface area (Å²) < 4.78 is 19.6. The van der Waals surface area contributed by atoms with Gasteiger partial charge in [0.15, 0.2) is 8.32 Å². The van der Waals surface area contributed by atoms with E-state index in [2.05, 4.69) is 68.9 Å². The van der Waals surface area contributed by atoms with Gasteiger partial charge in [0.1, 0.15) is 11.9 Å². The third-order valence-corrected chi connectivity index (χ3v) is 17.1. The molecule has 11 nitrogen and oxygen atoms in total. The van der Waals surface area contributed by atoms with Gasteiger partial charge in [-0.2, -0.15) is 0 Å². The molecule has 2 amide bonds. The maximum absolute atomic E-state index is 14.8. The standard InChI is InChI=1S/C40H68N4O7SSi/c1-26-17-16-19-40(10)33(50-40)22-31(27(2)21-30-24-52-29(4)43-30)44-34(46)23-32(49-35(47)18-14-13-15-20-41-42-25-45)39(8,9)37(48)28(3)36(26)51-53(11,12)38(5,6)7/h21,24-26,28,31-33,36,41H,13-20,22-23H2,1-12H3,(H,42,45)(H,44,46)/b27-21+/t26-,28+,31-,32-,33-,36-,40+/m0/s1. The van der Waals surface area contributed by atoms with E-state index in [4.69, 9.17) is 13.9 Å². The number of carbonyl (C=O) groups is 4. The Kier molecular flexibility index (Phi) is 16.0. The number of ketones is 1. The topological polar surface area (TPSA) is 148 Å². The van der Waals surface area contributed by atoms with Gasteiger partial charge in [-0.1, -0.05) is 47.5 Å². The Bertz CT molecular complexity index is 1440. The summed E-state index contributed by atoms with van der Waals surface area (Å²) in [5.41, 5.74) is 5.52. The number of unbranched alkanes of at least 4 members (excludes halogenated alkanes) is 2. The van der Waals surface area contributed by atoms with Gasteiger partial charge < -0.3 is 19.2 Å². The highest BCUT2D eigenvalue weighted by atomic mass is 32.1. The first-order chi connectivity index (χ1) is 24.6.